The van der Waals surface area contributed by atoms with E-state index in [2.05, 4.69) is 31.0 Å². The molecule has 1 aromatic carbocycles. The molecule has 112 valence electrons. The van der Waals surface area contributed by atoms with Crippen LogP contribution in [0.25, 0.3) is 0 Å². The predicted molar refractivity (Wildman–Crippen MR) is 86.7 cm³/mol. The maximum Gasteiger partial charge on any atom is 0.244 e. The van der Waals surface area contributed by atoms with Crippen LogP contribution >= 0.6 is 15.9 Å². The van der Waals surface area contributed by atoms with E-state index in [9.17, 15) is 8.42 Å². The summed E-state index contributed by atoms with van der Waals surface area (Å²) >= 11 is 3.24. The molecule has 0 unspecified atom stereocenters. The van der Waals surface area contributed by atoms with Crippen LogP contribution in [0.5, 0.6) is 0 Å². The first-order chi connectivity index (χ1) is 9.92. The standard InChI is InChI=1S/C14H16BrN3O2S/c1-10-3-5-11(6-4-10)8-18-21(19,20)13-7-12(15)9-17-14(13)16-2/h3-7,9,18H,8H2,1-2H3,(H,16,17). The molecule has 21 heavy (non-hydrogen) atoms. The highest BCUT2D eigenvalue weighted by Gasteiger charge is 2.19. The number of sulfonamides is 1. The number of nitrogens with zero attached hydrogens (tertiary/aromatic N) is 1. The lowest BCUT2D eigenvalue weighted by Crippen LogP contribution is -2.24. The van der Waals surface area contributed by atoms with Crippen LogP contribution in [0.1, 0.15) is 11.1 Å². The van der Waals surface area contributed by atoms with Crippen LogP contribution < -0.4 is 10.0 Å². The number of hydrogen-bond acceptors (Lipinski definition) is 4. The average Bonchev–Trinajstić information content (AvgIpc) is 2.47. The van der Waals surface area contributed by atoms with Gasteiger partial charge in [-0.15, -0.1) is 0 Å². The van der Waals surface area contributed by atoms with Crippen molar-refractivity contribution >= 4 is 31.8 Å². The number of hydrogen-bond donors (Lipinski definition) is 2. The Hall–Kier alpha value is -1.44. The minimum atomic E-state index is -3.64. The predicted octanol–water partition coefficient (Wildman–Crippen LogP) is 2.67. The summed E-state index contributed by atoms with van der Waals surface area (Å²) in [4.78, 5) is 4.17. The molecule has 0 fully saturated rings. The summed E-state index contributed by atoms with van der Waals surface area (Å²) < 4.78 is 28.0. The van der Waals surface area contributed by atoms with Crippen LogP contribution in [-0.2, 0) is 16.6 Å². The van der Waals surface area contributed by atoms with Crippen molar-refractivity contribution in [2.24, 2.45) is 0 Å². The van der Waals surface area contributed by atoms with E-state index in [4.69, 9.17) is 0 Å². The fourth-order valence-corrected chi connectivity index (χ4v) is 3.46. The third-order valence-electron chi connectivity index (χ3n) is 2.93. The number of halogens is 1. The van der Waals surface area contributed by atoms with Crippen molar-refractivity contribution in [3.05, 3.63) is 52.1 Å². The third kappa shape index (κ3) is 4.03. The molecule has 0 bridgehead atoms. The second-order valence-electron chi connectivity index (χ2n) is 4.56. The smallest absolute Gasteiger partial charge is 0.244 e. The Kier molecular flexibility index (Phi) is 4.97. The quantitative estimate of drug-likeness (QED) is 0.849. The highest BCUT2D eigenvalue weighted by molar-refractivity contribution is 9.10. The van der Waals surface area contributed by atoms with Crippen LogP contribution in [0.3, 0.4) is 0 Å². The number of aryl methyl sites for hydroxylation is 1. The maximum absolute atomic E-state index is 12.4. The Morgan fingerprint density at radius 3 is 2.52 bits per heavy atom. The molecule has 2 aromatic rings. The van der Waals surface area contributed by atoms with Crippen LogP contribution in [0.4, 0.5) is 5.82 Å². The summed E-state index contributed by atoms with van der Waals surface area (Å²) in [6.07, 6.45) is 1.55. The SMILES string of the molecule is CNc1ncc(Br)cc1S(=O)(=O)NCc1ccc(C)cc1. The Bertz CT molecular complexity index is 730. The van der Waals surface area contributed by atoms with Gasteiger partial charge in [-0.3, -0.25) is 0 Å². The van der Waals surface area contributed by atoms with Crippen molar-refractivity contribution in [3.63, 3.8) is 0 Å². The fraction of sp³-hybridized carbons (Fsp3) is 0.214. The molecule has 0 saturated heterocycles. The minimum Gasteiger partial charge on any atom is -0.372 e. The molecule has 0 aliphatic heterocycles. The van der Waals surface area contributed by atoms with Crippen molar-refractivity contribution in [2.45, 2.75) is 18.4 Å². The van der Waals surface area contributed by atoms with Crippen molar-refractivity contribution in [2.75, 3.05) is 12.4 Å². The number of aromatic nitrogens is 1. The van der Waals surface area contributed by atoms with E-state index in [1.807, 2.05) is 31.2 Å². The van der Waals surface area contributed by atoms with Crippen molar-refractivity contribution < 1.29 is 8.42 Å². The van der Waals surface area contributed by atoms with Gasteiger partial charge in [0.15, 0.2) is 0 Å². The first-order valence-corrected chi connectivity index (χ1v) is 8.58. The third-order valence-corrected chi connectivity index (χ3v) is 4.78. The van der Waals surface area contributed by atoms with E-state index in [1.165, 1.54) is 6.07 Å². The van der Waals surface area contributed by atoms with Gasteiger partial charge in [-0.05, 0) is 34.5 Å². The van der Waals surface area contributed by atoms with E-state index >= 15 is 0 Å². The molecule has 2 rings (SSSR count). The summed E-state index contributed by atoms with van der Waals surface area (Å²) in [7, 11) is -2.00. The molecule has 0 radical (unpaired) electrons. The van der Waals surface area contributed by atoms with Gasteiger partial charge < -0.3 is 5.32 Å². The average molecular weight is 370 g/mol. The zero-order valence-corrected chi connectivity index (χ0v) is 14.1. The van der Waals surface area contributed by atoms with Gasteiger partial charge in [0.1, 0.15) is 10.7 Å². The minimum absolute atomic E-state index is 0.117. The lowest BCUT2D eigenvalue weighted by atomic mass is 10.2. The Balaban J connectivity index is 2.22. The molecule has 0 aliphatic carbocycles. The summed E-state index contributed by atoms with van der Waals surface area (Å²) in [5, 5.41) is 2.78. The first-order valence-electron chi connectivity index (χ1n) is 6.31. The van der Waals surface area contributed by atoms with Crippen LogP contribution in [0, 0.1) is 6.92 Å². The van der Waals surface area contributed by atoms with Gasteiger partial charge in [-0.1, -0.05) is 29.8 Å². The molecule has 0 amide bonds. The molecular weight excluding hydrogens is 354 g/mol. The zero-order chi connectivity index (χ0) is 15.5. The number of anilines is 1. The van der Waals surface area contributed by atoms with Gasteiger partial charge in [-0.25, -0.2) is 18.1 Å². The van der Waals surface area contributed by atoms with E-state index in [0.29, 0.717) is 10.3 Å². The molecular formula is C14H16BrN3O2S. The second-order valence-corrected chi connectivity index (χ2v) is 7.21. The number of pyridine rings is 1. The van der Waals surface area contributed by atoms with Gasteiger partial charge in [0.25, 0.3) is 0 Å². The van der Waals surface area contributed by atoms with E-state index < -0.39 is 10.0 Å². The van der Waals surface area contributed by atoms with Gasteiger partial charge in [0, 0.05) is 24.3 Å². The molecule has 0 atom stereocenters. The molecule has 1 heterocycles. The first kappa shape index (κ1) is 15.9. The Labute approximate surface area is 133 Å². The Morgan fingerprint density at radius 1 is 1.24 bits per heavy atom. The largest absolute Gasteiger partial charge is 0.372 e. The van der Waals surface area contributed by atoms with Crippen LogP contribution in [0.15, 0.2) is 45.9 Å². The van der Waals surface area contributed by atoms with Crippen LogP contribution in [-0.4, -0.2) is 20.4 Å². The Morgan fingerprint density at radius 2 is 1.90 bits per heavy atom. The zero-order valence-electron chi connectivity index (χ0n) is 11.7. The summed E-state index contributed by atoms with van der Waals surface area (Å²) in [5.74, 6) is 0.314. The van der Waals surface area contributed by atoms with Gasteiger partial charge in [-0.2, -0.15) is 0 Å². The molecule has 0 spiro atoms. The second kappa shape index (κ2) is 6.55. The number of nitrogens with one attached hydrogen (secondary N) is 2. The van der Waals surface area contributed by atoms with Crippen molar-refractivity contribution in [1.82, 2.24) is 9.71 Å². The lowest BCUT2D eigenvalue weighted by molar-refractivity contribution is 0.581. The summed E-state index contributed by atoms with van der Waals surface area (Å²) in [5.41, 5.74) is 2.04. The van der Waals surface area contributed by atoms with Crippen molar-refractivity contribution in [3.8, 4) is 0 Å². The molecule has 0 saturated carbocycles. The molecule has 2 N–H and O–H groups in total. The molecule has 5 nitrogen and oxygen atoms in total. The fourth-order valence-electron chi connectivity index (χ4n) is 1.78. The molecule has 0 aliphatic rings. The van der Waals surface area contributed by atoms with Crippen molar-refractivity contribution in [1.29, 1.82) is 0 Å². The lowest BCUT2D eigenvalue weighted by Gasteiger charge is -2.11. The summed E-state index contributed by atoms with van der Waals surface area (Å²) in [6, 6.07) is 9.22. The van der Waals surface area contributed by atoms with Gasteiger partial charge in [0.2, 0.25) is 10.0 Å². The number of rotatable bonds is 5. The monoisotopic (exact) mass is 369 g/mol. The normalized spacial score (nSPS) is 11.4. The summed E-state index contributed by atoms with van der Waals surface area (Å²) in [6.45, 7) is 2.22. The van der Waals surface area contributed by atoms with Gasteiger partial charge in [0.05, 0.1) is 0 Å². The number of benzene rings is 1. The maximum atomic E-state index is 12.4. The van der Waals surface area contributed by atoms with E-state index in [1.54, 1.807) is 13.2 Å². The van der Waals surface area contributed by atoms with E-state index in [-0.39, 0.29) is 11.4 Å². The highest BCUT2D eigenvalue weighted by Crippen LogP contribution is 2.22. The highest BCUT2D eigenvalue weighted by atomic mass is 79.9. The molecule has 7 heteroatoms. The molecule has 1 aromatic heterocycles. The van der Waals surface area contributed by atoms with Crippen LogP contribution in [0.2, 0.25) is 0 Å². The van der Waals surface area contributed by atoms with E-state index in [0.717, 1.165) is 11.1 Å². The van der Waals surface area contributed by atoms with Gasteiger partial charge >= 0.3 is 0 Å². The topological polar surface area (TPSA) is 71.1 Å².